The SMILES string of the molecule is C[C@H]1CCCC[C@@H]1N1C(=O)/C(=C/c2cc(Br)cc(I)c2O)SC1=Nc1ccccc1. The molecule has 1 saturated carbocycles. The molecule has 0 aromatic heterocycles. The van der Waals surface area contributed by atoms with Gasteiger partial charge in [-0.1, -0.05) is 53.9 Å². The number of benzene rings is 2. The molecule has 0 spiro atoms. The van der Waals surface area contributed by atoms with E-state index in [1.165, 1.54) is 18.2 Å². The highest BCUT2D eigenvalue weighted by atomic mass is 127. The highest BCUT2D eigenvalue weighted by molar-refractivity contribution is 14.1. The fourth-order valence-electron chi connectivity index (χ4n) is 3.99. The van der Waals surface area contributed by atoms with Gasteiger partial charge in [-0.25, -0.2) is 4.99 Å². The summed E-state index contributed by atoms with van der Waals surface area (Å²) in [6.45, 7) is 2.23. The van der Waals surface area contributed by atoms with Crippen LogP contribution in [-0.4, -0.2) is 27.1 Å². The van der Waals surface area contributed by atoms with Crippen LogP contribution in [0.1, 0.15) is 38.2 Å². The van der Waals surface area contributed by atoms with Crippen LogP contribution in [0.5, 0.6) is 5.75 Å². The van der Waals surface area contributed by atoms with Crippen molar-refractivity contribution in [1.29, 1.82) is 0 Å². The predicted octanol–water partition coefficient (Wildman–Crippen LogP) is 6.94. The number of hydrogen-bond acceptors (Lipinski definition) is 4. The number of phenolic OH excluding ortho intramolecular Hbond substituents is 1. The molecule has 4 rings (SSSR count). The lowest BCUT2D eigenvalue weighted by atomic mass is 9.85. The largest absolute Gasteiger partial charge is 0.506 e. The van der Waals surface area contributed by atoms with Crippen molar-refractivity contribution in [3.8, 4) is 5.75 Å². The molecule has 4 nitrogen and oxygen atoms in total. The number of hydrogen-bond donors (Lipinski definition) is 1. The van der Waals surface area contributed by atoms with Crippen LogP contribution < -0.4 is 0 Å². The topological polar surface area (TPSA) is 52.9 Å². The van der Waals surface area contributed by atoms with E-state index in [1.54, 1.807) is 6.08 Å². The van der Waals surface area contributed by atoms with E-state index in [-0.39, 0.29) is 17.7 Å². The van der Waals surface area contributed by atoms with E-state index < -0.39 is 0 Å². The Bertz CT molecular complexity index is 1030. The zero-order chi connectivity index (χ0) is 21.3. The number of nitrogens with zero attached hydrogens (tertiary/aromatic N) is 2. The Labute approximate surface area is 203 Å². The van der Waals surface area contributed by atoms with Crippen LogP contribution in [0.3, 0.4) is 0 Å². The molecule has 2 aromatic rings. The Morgan fingerprint density at radius 2 is 1.97 bits per heavy atom. The number of aliphatic imine (C=N–C) groups is 1. The summed E-state index contributed by atoms with van der Waals surface area (Å²) >= 11 is 6.96. The fourth-order valence-corrected chi connectivity index (χ4v) is 6.57. The van der Waals surface area contributed by atoms with Crippen LogP contribution in [-0.2, 0) is 4.79 Å². The van der Waals surface area contributed by atoms with Crippen molar-refractivity contribution in [2.75, 3.05) is 0 Å². The van der Waals surface area contributed by atoms with Gasteiger partial charge >= 0.3 is 0 Å². The Morgan fingerprint density at radius 3 is 2.70 bits per heavy atom. The number of carbonyl (C=O) groups is 1. The minimum atomic E-state index is -0.0252. The maximum absolute atomic E-state index is 13.5. The molecule has 0 radical (unpaired) electrons. The Hall–Kier alpha value is -1.32. The number of rotatable bonds is 3. The van der Waals surface area contributed by atoms with Gasteiger partial charge in [-0.15, -0.1) is 0 Å². The van der Waals surface area contributed by atoms with Gasteiger partial charge < -0.3 is 5.11 Å². The van der Waals surface area contributed by atoms with Gasteiger partial charge in [0.25, 0.3) is 5.91 Å². The molecule has 2 fully saturated rings. The van der Waals surface area contributed by atoms with Gasteiger partial charge in [0.1, 0.15) is 5.75 Å². The third-order valence-electron chi connectivity index (χ3n) is 5.56. The smallest absolute Gasteiger partial charge is 0.267 e. The minimum Gasteiger partial charge on any atom is -0.506 e. The van der Waals surface area contributed by atoms with Gasteiger partial charge in [0, 0.05) is 16.1 Å². The van der Waals surface area contributed by atoms with Gasteiger partial charge in [0.05, 0.1) is 14.2 Å². The lowest BCUT2D eigenvalue weighted by Crippen LogP contribution is -2.44. The molecule has 30 heavy (non-hydrogen) atoms. The maximum Gasteiger partial charge on any atom is 0.267 e. The summed E-state index contributed by atoms with van der Waals surface area (Å²) in [5, 5.41) is 11.2. The molecule has 0 unspecified atom stereocenters. The van der Waals surface area contributed by atoms with Crippen LogP contribution in [0, 0.1) is 9.49 Å². The maximum atomic E-state index is 13.5. The molecule has 2 aliphatic rings. The average Bonchev–Trinajstić information content (AvgIpc) is 3.02. The number of thioether (sulfide) groups is 1. The summed E-state index contributed by atoms with van der Waals surface area (Å²) in [5.41, 5.74) is 1.46. The van der Waals surface area contributed by atoms with Crippen molar-refractivity contribution in [2.45, 2.75) is 38.6 Å². The van der Waals surface area contributed by atoms with Gasteiger partial charge in [0.15, 0.2) is 5.17 Å². The molecule has 2 atom stereocenters. The van der Waals surface area contributed by atoms with Crippen LogP contribution in [0.15, 0.2) is 56.8 Å². The van der Waals surface area contributed by atoms with Crippen molar-refractivity contribution >= 4 is 73.1 Å². The number of para-hydroxylation sites is 1. The summed E-state index contributed by atoms with van der Waals surface area (Å²) in [5.74, 6) is 0.595. The Kier molecular flexibility index (Phi) is 6.89. The Morgan fingerprint density at radius 1 is 1.23 bits per heavy atom. The second-order valence-electron chi connectivity index (χ2n) is 7.67. The van der Waals surface area contributed by atoms with Crippen molar-refractivity contribution < 1.29 is 9.90 Å². The third-order valence-corrected chi connectivity index (χ3v) is 7.82. The quantitative estimate of drug-likeness (QED) is 0.308. The van der Waals surface area contributed by atoms with E-state index in [4.69, 9.17) is 4.99 Å². The number of carbonyl (C=O) groups excluding carboxylic acids is 1. The van der Waals surface area contributed by atoms with Crippen molar-refractivity contribution in [3.05, 3.63) is 61.0 Å². The highest BCUT2D eigenvalue weighted by Gasteiger charge is 2.41. The average molecular weight is 597 g/mol. The second kappa shape index (κ2) is 9.44. The van der Waals surface area contributed by atoms with Crippen molar-refractivity contribution in [2.24, 2.45) is 10.9 Å². The molecule has 2 aromatic carbocycles. The molecule has 1 heterocycles. The fraction of sp³-hybridized carbons (Fsp3) is 0.304. The normalized spacial score (nSPS) is 24.8. The molecule has 7 heteroatoms. The predicted molar refractivity (Wildman–Crippen MR) is 136 cm³/mol. The lowest BCUT2D eigenvalue weighted by Gasteiger charge is -2.35. The monoisotopic (exact) mass is 596 g/mol. The van der Waals surface area contributed by atoms with E-state index in [0.29, 0.717) is 16.4 Å². The molecular weight excluding hydrogens is 575 g/mol. The third kappa shape index (κ3) is 4.62. The van der Waals surface area contributed by atoms with Gasteiger partial charge in [-0.2, -0.15) is 0 Å². The summed E-state index contributed by atoms with van der Waals surface area (Å²) < 4.78 is 1.60. The summed E-state index contributed by atoms with van der Waals surface area (Å²) in [4.78, 5) is 20.8. The van der Waals surface area contributed by atoms with Crippen LogP contribution >= 0.6 is 50.3 Å². The van der Waals surface area contributed by atoms with Crippen LogP contribution in [0.2, 0.25) is 0 Å². The number of aromatic hydroxyl groups is 1. The Balaban J connectivity index is 1.76. The second-order valence-corrected chi connectivity index (χ2v) is 10.8. The van der Waals surface area contributed by atoms with Crippen LogP contribution in [0.4, 0.5) is 5.69 Å². The van der Waals surface area contributed by atoms with E-state index in [2.05, 4.69) is 45.4 Å². The van der Waals surface area contributed by atoms with E-state index in [1.807, 2.05) is 47.4 Å². The molecule has 1 saturated heterocycles. The van der Waals surface area contributed by atoms with Gasteiger partial charge in [0.2, 0.25) is 0 Å². The highest BCUT2D eigenvalue weighted by Crippen LogP contribution is 2.41. The molecule has 156 valence electrons. The number of phenols is 1. The lowest BCUT2D eigenvalue weighted by molar-refractivity contribution is -0.124. The van der Waals surface area contributed by atoms with Crippen LogP contribution in [0.25, 0.3) is 6.08 Å². The van der Waals surface area contributed by atoms with Gasteiger partial charge in [-0.05, 0) is 83.5 Å². The zero-order valence-electron chi connectivity index (χ0n) is 16.5. The molecular formula is C23H22BrIN2O2S. The number of amides is 1. The standard InChI is InChI=1S/C23H22BrIN2O2S/c1-14-7-5-6-10-19(14)27-22(29)20(12-15-11-16(24)13-18(25)21(15)28)30-23(27)26-17-8-3-2-4-9-17/h2-4,8-9,11-14,19,28H,5-7,10H2,1H3/b20-12-,26-23?/t14-,19-/m0/s1. The van der Waals surface area contributed by atoms with E-state index in [9.17, 15) is 9.90 Å². The first kappa shape index (κ1) is 21.9. The number of amidine groups is 1. The van der Waals surface area contributed by atoms with Gasteiger partial charge in [-0.3, -0.25) is 9.69 Å². The molecule has 1 amide bonds. The molecule has 1 aliphatic heterocycles. The summed E-state index contributed by atoms with van der Waals surface area (Å²) in [7, 11) is 0. The summed E-state index contributed by atoms with van der Waals surface area (Å²) in [6, 6.07) is 13.6. The van der Waals surface area contributed by atoms with E-state index in [0.717, 1.165) is 38.2 Å². The first-order valence-electron chi connectivity index (χ1n) is 9.99. The van der Waals surface area contributed by atoms with E-state index >= 15 is 0 Å². The van der Waals surface area contributed by atoms with Crippen molar-refractivity contribution in [1.82, 2.24) is 4.90 Å². The first-order chi connectivity index (χ1) is 14.4. The summed E-state index contributed by atoms with van der Waals surface area (Å²) in [6.07, 6.45) is 6.25. The van der Waals surface area contributed by atoms with Crippen molar-refractivity contribution in [3.63, 3.8) is 0 Å². The number of halogens is 2. The molecule has 1 N–H and O–H groups in total. The first-order valence-corrected chi connectivity index (χ1v) is 12.7. The molecule has 1 aliphatic carbocycles. The zero-order valence-corrected chi connectivity index (χ0v) is 21.1. The molecule has 0 bridgehead atoms. The minimum absolute atomic E-state index is 0.0252.